The lowest BCUT2D eigenvalue weighted by Gasteiger charge is -2.19. The van der Waals surface area contributed by atoms with Crippen LogP contribution in [-0.4, -0.2) is 25.2 Å². The van der Waals surface area contributed by atoms with Gasteiger partial charge in [0.15, 0.2) is 0 Å². The maximum Gasteiger partial charge on any atom is 0.261 e. The molecule has 0 aliphatic carbocycles. The van der Waals surface area contributed by atoms with Crippen LogP contribution in [0.2, 0.25) is 0 Å². The molecule has 0 saturated heterocycles. The van der Waals surface area contributed by atoms with Crippen LogP contribution in [0.5, 0.6) is 11.5 Å². The SMILES string of the molecule is COc1cccc(N(C)C(=O)c2cccc(C)c2O)c1. The van der Waals surface area contributed by atoms with Crippen molar-refractivity contribution < 1.29 is 14.6 Å². The molecule has 4 heteroatoms. The molecule has 0 bridgehead atoms. The summed E-state index contributed by atoms with van der Waals surface area (Å²) in [6.45, 7) is 1.76. The normalized spacial score (nSPS) is 10.2. The van der Waals surface area contributed by atoms with Gasteiger partial charge in [0.1, 0.15) is 11.5 Å². The monoisotopic (exact) mass is 271 g/mol. The molecule has 0 spiro atoms. The third-order valence-corrected chi connectivity index (χ3v) is 3.21. The van der Waals surface area contributed by atoms with Gasteiger partial charge in [0, 0.05) is 18.8 Å². The molecule has 4 nitrogen and oxygen atoms in total. The molecule has 0 saturated carbocycles. The number of anilines is 1. The van der Waals surface area contributed by atoms with Crippen molar-refractivity contribution in [2.24, 2.45) is 0 Å². The third-order valence-electron chi connectivity index (χ3n) is 3.21. The Kier molecular flexibility index (Phi) is 3.94. The second-order valence-electron chi connectivity index (χ2n) is 4.54. The van der Waals surface area contributed by atoms with Crippen molar-refractivity contribution in [2.75, 3.05) is 19.1 Å². The molecule has 0 radical (unpaired) electrons. The lowest BCUT2D eigenvalue weighted by molar-refractivity contribution is 0.0990. The predicted molar refractivity (Wildman–Crippen MR) is 78.6 cm³/mol. The van der Waals surface area contributed by atoms with Gasteiger partial charge in [-0.1, -0.05) is 18.2 Å². The number of carbonyl (C=O) groups is 1. The van der Waals surface area contributed by atoms with Gasteiger partial charge in [0.05, 0.1) is 12.7 Å². The number of ether oxygens (including phenoxy) is 1. The van der Waals surface area contributed by atoms with Crippen LogP contribution in [0.15, 0.2) is 42.5 Å². The Morgan fingerprint density at radius 1 is 1.20 bits per heavy atom. The molecule has 104 valence electrons. The summed E-state index contributed by atoms with van der Waals surface area (Å²) < 4.78 is 5.15. The number of rotatable bonds is 3. The van der Waals surface area contributed by atoms with Gasteiger partial charge in [-0.25, -0.2) is 0 Å². The molecule has 20 heavy (non-hydrogen) atoms. The van der Waals surface area contributed by atoms with Crippen molar-refractivity contribution in [2.45, 2.75) is 6.92 Å². The second kappa shape index (κ2) is 5.65. The highest BCUT2D eigenvalue weighted by Gasteiger charge is 2.18. The standard InChI is InChI=1S/C16H17NO3/c1-11-6-4-9-14(15(11)18)16(19)17(2)12-7-5-8-13(10-12)20-3/h4-10,18H,1-3H3. The first kappa shape index (κ1) is 13.9. The van der Waals surface area contributed by atoms with Crippen LogP contribution in [-0.2, 0) is 0 Å². The Balaban J connectivity index is 2.35. The molecule has 0 fully saturated rings. The highest BCUT2D eigenvalue weighted by Crippen LogP contribution is 2.26. The molecule has 0 aromatic heterocycles. The van der Waals surface area contributed by atoms with E-state index in [1.807, 2.05) is 18.2 Å². The summed E-state index contributed by atoms with van der Waals surface area (Å²) in [6.07, 6.45) is 0. The van der Waals surface area contributed by atoms with Crippen LogP contribution in [0.3, 0.4) is 0 Å². The van der Waals surface area contributed by atoms with Crippen LogP contribution in [0.25, 0.3) is 0 Å². The molecule has 0 atom stereocenters. The van der Waals surface area contributed by atoms with Crippen LogP contribution in [0.1, 0.15) is 15.9 Å². The summed E-state index contributed by atoms with van der Waals surface area (Å²) in [5.74, 6) is 0.433. The van der Waals surface area contributed by atoms with Gasteiger partial charge >= 0.3 is 0 Å². The second-order valence-corrected chi connectivity index (χ2v) is 4.54. The van der Waals surface area contributed by atoms with Gasteiger partial charge in [-0.05, 0) is 30.7 Å². The van der Waals surface area contributed by atoms with E-state index in [4.69, 9.17) is 4.74 Å². The summed E-state index contributed by atoms with van der Waals surface area (Å²) in [5, 5.41) is 9.99. The first-order chi connectivity index (χ1) is 9.54. The van der Waals surface area contributed by atoms with E-state index in [0.717, 1.165) is 0 Å². The van der Waals surface area contributed by atoms with E-state index in [-0.39, 0.29) is 17.2 Å². The highest BCUT2D eigenvalue weighted by molar-refractivity contribution is 6.07. The summed E-state index contributed by atoms with van der Waals surface area (Å²) in [4.78, 5) is 13.9. The topological polar surface area (TPSA) is 49.8 Å². The minimum absolute atomic E-state index is 0.0206. The smallest absolute Gasteiger partial charge is 0.261 e. The number of benzene rings is 2. The zero-order valence-corrected chi connectivity index (χ0v) is 11.8. The third kappa shape index (κ3) is 2.59. The number of aromatic hydroxyl groups is 1. The van der Waals surface area contributed by atoms with Crippen molar-refractivity contribution >= 4 is 11.6 Å². The van der Waals surface area contributed by atoms with Crippen molar-refractivity contribution in [3.05, 3.63) is 53.6 Å². The first-order valence-electron chi connectivity index (χ1n) is 6.25. The summed E-state index contributed by atoms with van der Waals surface area (Å²) in [7, 11) is 3.24. The molecule has 2 aromatic carbocycles. The Morgan fingerprint density at radius 2 is 1.90 bits per heavy atom. The Bertz CT molecular complexity index is 637. The number of phenolic OH excluding ortho intramolecular Hbond substituents is 1. The van der Waals surface area contributed by atoms with Crippen molar-refractivity contribution in [1.29, 1.82) is 0 Å². The highest BCUT2D eigenvalue weighted by atomic mass is 16.5. The Hall–Kier alpha value is -2.49. The van der Waals surface area contributed by atoms with Gasteiger partial charge in [-0.15, -0.1) is 0 Å². The van der Waals surface area contributed by atoms with Gasteiger partial charge in [0.25, 0.3) is 5.91 Å². The fraction of sp³-hybridized carbons (Fsp3) is 0.188. The van der Waals surface area contributed by atoms with Gasteiger partial charge < -0.3 is 14.7 Å². The molecule has 0 unspecified atom stereocenters. The van der Waals surface area contributed by atoms with Crippen LogP contribution >= 0.6 is 0 Å². The molecule has 0 aliphatic heterocycles. The summed E-state index contributed by atoms with van der Waals surface area (Å²) in [5.41, 5.74) is 1.67. The first-order valence-corrected chi connectivity index (χ1v) is 6.25. The fourth-order valence-corrected chi connectivity index (χ4v) is 1.95. The fourth-order valence-electron chi connectivity index (χ4n) is 1.95. The number of nitrogens with zero attached hydrogens (tertiary/aromatic N) is 1. The minimum Gasteiger partial charge on any atom is -0.507 e. The number of carbonyl (C=O) groups excluding carboxylic acids is 1. The van der Waals surface area contributed by atoms with Crippen molar-refractivity contribution in [1.82, 2.24) is 0 Å². The van der Waals surface area contributed by atoms with Crippen LogP contribution in [0.4, 0.5) is 5.69 Å². The Labute approximate surface area is 118 Å². The number of amides is 1. The van der Waals surface area contributed by atoms with Gasteiger partial charge in [-0.2, -0.15) is 0 Å². The number of hydrogen-bond donors (Lipinski definition) is 1. The molecular formula is C16H17NO3. The molecule has 0 aliphatic rings. The molecule has 1 amide bonds. The molecule has 1 N–H and O–H groups in total. The lowest BCUT2D eigenvalue weighted by Crippen LogP contribution is -2.26. The summed E-state index contributed by atoms with van der Waals surface area (Å²) >= 11 is 0. The lowest BCUT2D eigenvalue weighted by atomic mass is 10.1. The van der Waals surface area contributed by atoms with E-state index in [0.29, 0.717) is 17.0 Å². The van der Waals surface area contributed by atoms with E-state index in [9.17, 15) is 9.90 Å². The number of aryl methyl sites for hydroxylation is 1. The van der Waals surface area contributed by atoms with Gasteiger partial charge in [-0.3, -0.25) is 4.79 Å². The van der Waals surface area contributed by atoms with E-state index >= 15 is 0 Å². The Morgan fingerprint density at radius 3 is 2.60 bits per heavy atom. The maximum absolute atomic E-state index is 12.4. The molecular weight excluding hydrogens is 254 g/mol. The minimum atomic E-state index is -0.264. The van der Waals surface area contributed by atoms with Crippen molar-refractivity contribution in [3.8, 4) is 11.5 Å². The maximum atomic E-state index is 12.4. The molecule has 0 heterocycles. The van der Waals surface area contributed by atoms with Crippen molar-refractivity contribution in [3.63, 3.8) is 0 Å². The van der Waals surface area contributed by atoms with Gasteiger partial charge in [0.2, 0.25) is 0 Å². The number of phenols is 1. The van der Waals surface area contributed by atoms with Crippen LogP contribution < -0.4 is 9.64 Å². The van der Waals surface area contributed by atoms with E-state index in [1.54, 1.807) is 45.3 Å². The number of hydrogen-bond acceptors (Lipinski definition) is 3. The number of para-hydroxylation sites is 1. The average Bonchev–Trinajstić information content (AvgIpc) is 2.48. The van der Waals surface area contributed by atoms with E-state index in [1.165, 1.54) is 4.90 Å². The summed E-state index contributed by atoms with van der Waals surface area (Å²) in [6, 6.07) is 12.3. The predicted octanol–water partition coefficient (Wildman–Crippen LogP) is 2.99. The van der Waals surface area contributed by atoms with E-state index in [2.05, 4.69) is 0 Å². The quantitative estimate of drug-likeness (QED) is 0.933. The molecule has 2 rings (SSSR count). The van der Waals surface area contributed by atoms with Crippen LogP contribution in [0, 0.1) is 6.92 Å². The average molecular weight is 271 g/mol. The molecule has 2 aromatic rings. The zero-order valence-electron chi connectivity index (χ0n) is 11.8. The number of methoxy groups -OCH3 is 1. The van der Waals surface area contributed by atoms with E-state index < -0.39 is 0 Å². The largest absolute Gasteiger partial charge is 0.507 e. The zero-order chi connectivity index (χ0) is 14.7.